The number of carbonyl (C=O) groups excluding carboxylic acids is 1. The van der Waals surface area contributed by atoms with Gasteiger partial charge >= 0.3 is 6.01 Å². The second kappa shape index (κ2) is 4.91. The molecule has 72 valence electrons. The number of rotatable bonds is 4. The number of carbonyl (C=O) groups is 1. The SMILES string of the molecule is CC(C)SCC(=O)Nc1ncco1. The molecule has 1 heterocycles. The molecule has 0 aliphatic carbocycles. The largest absolute Gasteiger partial charge is 0.432 e. The van der Waals surface area contributed by atoms with Crippen LogP contribution < -0.4 is 5.32 Å². The van der Waals surface area contributed by atoms with Crippen LogP contribution in [0.2, 0.25) is 0 Å². The summed E-state index contributed by atoms with van der Waals surface area (Å²) in [7, 11) is 0. The normalized spacial score (nSPS) is 10.4. The fourth-order valence-electron chi connectivity index (χ4n) is 0.683. The van der Waals surface area contributed by atoms with Crippen molar-refractivity contribution in [2.45, 2.75) is 19.1 Å². The zero-order valence-corrected chi connectivity index (χ0v) is 8.43. The molecule has 0 saturated heterocycles. The van der Waals surface area contributed by atoms with Crippen LogP contribution in [0, 0.1) is 0 Å². The first-order chi connectivity index (χ1) is 6.18. The van der Waals surface area contributed by atoms with Gasteiger partial charge in [-0.15, -0.1) is 11.8 Å². The molecule has 0 bridgehead atoms. The van der Waals surface area contributed by atoms with E-state index in [1.807, 2.05) is 13.8 Å². The monoisotopic (exact) mass is 200 g/mol. The molecule has 0 aromatic carbocycles. The number of hydrogen-bond donors (Lipinski definition) is 1. The van der Waals surface area contributed by atoms with Crippen LogP contribution in [0.1, 0.15) is 13.8 Å². The van der Waals surface area contributed by atoms with E-state index in [2.05, 4.69) is 10.3 Å². The third kappa shape index (κ3) is 3.98. The molecular weight excluding hydrogens is 188 g/mol. The van der Waals surface area contributed by atoms with Gasteiger partial charge in [-0.1, -0.05) is 13.8 Å². The van der Waals surface area contributed by atoms with E-state index >= 15 is 0 Å². The summed E-state index contributed by atoms with van der Waals surface area (Å²) < 4.78 is 4.86. The molecule has 0 unspecified atom stereocenters. The first kappa shape index (κ1) is 10.1. The summed E-state index contributed by atoms with van der Waals surface area (Å²) in [5.41, 5.74) is 0. The van der Waals surface area contributed by atoms with Crippen molar-refractivity contribution in [3.8, 4) is 0 Å². The number of thioether (sulfide) groups is 1. The van der Waals surface area contributed by atoms with Crippen LogP contribution in [0.3, 0.4) is 0 Å². The van der Waals surface area contributed by atoms with E-state index in [0.29, 0.717) is 11.0 Å². The molecule has 1 amide bonds. The Morgan fingerprint density at radius 3 is 3.08 bits per heavy atom. The molecule has 1 aromatic rings. The van der Waals surface area contributed by atoms with Crippen LogP contribution >= 0.6 is 11.8 Å². The average Bonchev–Trinajstić information content (AvgIpc) is 2.53. The standard InChI is InChI=1S/C8H12N2O2S/c1-6(2)13-5-7(11)10-8-9-3-4-12-8/h3-4,6H,5H2,1-2H3,(H,9,10,11). The Bertz CT molecular complexity index is 259. The maximum Gasteiger partial charge on any atom is 0.301 e. The summed E-state index contributed by atoms with van der Waals surface area (Å²) in [6.45, 7) is 4.09. The Hall–Kier alpha value is -0.970. The highest BCUT2D eigenvalue weighted by molar-refractivity contribution is 8.00. The van der Waals surface area contributed by atoms with Gasteiger partial charge in [-0.05, 0) is 5.25 Å². The molecule has 0 spiro atoms. The highest BCUT2D eigenvalue weighted by atomic mass is 32.2. The third-order valence-electron chi connectivity index (χ3n) is 1.23. The lowest BCUT2D eigenvalue weighted by atomic mass is 10.6. The van der Waals surface area contributed by atoms with Crippen molar-refractivity contribution >= 4 is 23.7 Å². The second-order valence-electron chi connectivity index (χ2n) is 2.75. The number of hydrogen-bond acceptors (Lipinski definition) is 4. The summed E-state index contributed by atoms with van der Waals surface area (Å²) in [6, 6.07) is 0.259. The summed E-state index contributed by atoms with van der Waals surface area (Å²) in [5, 5.41) is 2.99. The van der Waals surface area contributed by atoms with Crippen LogP contribution in [-0.4, -0.2) is 21.9 Å². The Morgan fingerprint density at radius 2 is 2.54 bits per heavy atom. The summed E-state index contributed by atoms with van der Waals surface area (Å²) >= 11 is 1.58. The van der Waals surface area contributed by atoms with Crippen LogP contribution in [-0.2, 0) is 4.79 Å². The van der Waals surface area contributed by atoms with Crippen molar-refractivity contribution < 1.29 is 9.21 Å². The lowest BCUT2D eigenvalue weighted by molar-refractivity contribution is -0.113. The number of anilines is 1. The molecular formula is C8H12N2O2S. The lowest BCUT2D eigenvalue weighted by Gasteiger charge is -2.03. The van der Waals surface area contributed by atoms with Gasteiger partial charge in [0.25, 0.3) is 0 Å². The predicted octanol–water partition coefficient (Wildman–Crippen LogP) is 1.75. The fourth-order valence-corrected chi connectivity index (χ4v) is 1.24. The number of amides is 1. The Balaban J connectivity index is 2.26. The van der Waals surface area contributed by atoms with Gasteiger partial charge in [0.05, 0.1) is 11.9 Å². The maximum atomic E-state index is 11.2. The molecule has 0 atom stereocenters. The number of nitrogens with one attached hydrogen (secondary N) is 1. The van der Waals surface area contributed by atoms with Gasteiger partial charge in [-0.2, -0.15) is 0 Å². The molecule has 0 aliphatic rings. The molecule has 4 nitrogen and oxygen atoms in total. The lowest BCUT2D eigenvalue weighted by Crippen LogP contribution is -2.15. The smallest absolute Gasteiger partial charge is 0.301 e. The maximum absolute atomic E-state index is 11.2. The van der Waals surface area contributed by atoms with E-state index < -0.39 is 0 Å². The van der Waals surface area contributed by atoms with Gasteiger partial charge in [0.15, 0.2) is 0 Å². The van der Waals surface area contributed by atoms with Gasteiger partial charge < -0.3 is 4.42 Å². The molecule has 0 fully saturated rings. The average molecular weight is 200 g/mol. The van der Waals surface area contributed by atoms with Crippen LogP contribution in [0.25, 0.3) is 0 Å². The van der Waals surface area contributed by atoms with Gasteiger partial charge in [-0.25, -0.2) is 4.98 Å². The van der Waals surface area contributed by atoms with Crippen molar-refractivity contribution in [3.05, 3.63) is 12.5 Å². The number of nitrogens with zero attached hydrogens (tertiary/aromatic N) is 1. The van der Waals surface area contributed by atoms with E-state index in [9.17, 15) is 4.79 Å². The molecule has 0 radical (unpaired) electrons. The summed E-state index contributed by atoms with van der Waals surface area (Å²) in [4.78, 5) is 15.0. The van der Waals surface area contributed by atoms with Crippen molar-refractivity contribution in [2.24, 2.45) is 0 Å². The molecule has 0 saturated carbocycles. The minimum Gasteiger partial charge on any atom is -0.432 e. The topological polar surface area (TPSA) is 55.1 Å². The van der Waals surface area contributed by atoms with E-state index in [1.54, 1.807) is 11.8 Å². The first-order valence-corrected chi connectivity index (χ1v) is 5.04. The quantitative estimate of drug-likeness (QED) is 0.804. The number of aromatic nitrogens is 1. The van der Waals surface area contributed by atoms with Gasteiger partial charge in [0.2, 0.25) is 5.91 Å². The minimum atomic E-state index is -0.0823. The van der Waals surface area contributed by atoms with Gasteiger partial charge in [0.1, 0.15) is 6.26 Å². The van der Waals surface area contributed by atoms with Gasteiger partial charge in [-0.3, -0.25) is 10.1 Å². The molecule has 1 aromatic heterocycles. The summed E-state index contributed by atoms with van der Waals surface area (Å²) in [6.07, 6.45) is 2.91. The highest BCUT2D eigenvalue weighted by Crippen LogP contribution is 2.09. The fraction of sp³-hybridized carbons (Fsp3) is 0.500. The highest BCUT2D eigenvalue weighted by Gasteiger charge is 2.05. The summed E-state index contributed by atoms with van der Waals surface area (Å²) in [5.74, 6) is 0.348. The minimum absolute atomic E-state index is 0.0823. The van der Waals surface area contributed by atoms with Crippen molar-refractivity contribution in [3.63, 3.8) is 0 Å². The first-order valence-electron chi connectivity index (χ1n) is 3.99. The van der Waals surface area contributed by atoms with E-state index in [4.69, 9.17) is 4.42 Å². The van der Waals surface area contributed by atoms with Crippen LogP contribution in [0.4, 0.5) is 6.01 Å². The number of oxazole rings is 1. The molecule has 0 aliphatic heterocycles. The van der Waals surface area contributed by atoms with Crippen LogP contribution in [0.5, 0.6) is 0 Å². The van der Waals surface area contributed by atoms with Gasteiger partial charge in [0, 0.05) is 0 Å². The van der Waals surface area contributed by atoms with E-state index in [0.717, 1.165) is 0 Å². The van der Waals surface area contributed by atoms with Crippen molar-refractivity contribution in [2.75, 3.05) is 11.1 Å². The zero-order chi connectivity index (χ0) is 9.68. The predicted molar refractivity (Wildman–Crippen MR) is 52.7 cm³/mol. The Kier molecular flexibility index (Phi) is 3.82. The molecule has 5 heteroatoms. The van der Waals surface area contributed by atoms with Crippen LogP contribution in [0.15, 0.2) is 16.9 Å². The molecule has 13 heavy (non-hydrogen) atoms. The van der Waals surface area contributed by atoms with E-state index in [-0.39, 0.29) is 11.9 Å². The second-order valence-corrected chi connectivity index (χ2v) is 4.31. The molecule has 1 rings (SSSR count). The van der Waals surface area contributed by atoms with E-state index in [1.165, 1.54) is 12.5 Å². The zero-order valence-electron chi connectivity index (χ0n) is 7.61. The van der Waals surface area contributed by atoms with Crippen molar-refractivity contribution in [1.29, 1.82) is 0 Å². The van der Waals surface area contributed by atoms with Crippen molar-refractivity contribution in [1.82, 2.24) is 4.98 Å². The third-order valence-corrected chi connectivity index (χ3v) is 2.32. The molecule has 1 N–H and O–H groups in total. The Morgan fingerprint density at radius 1 is 1.77 bits per heavy atom. The Labute approximate surface area is 81.1 Å².